The first-order valence-corrected chi connectivity index (χ1v) is 15.0. The first kappa shape index (κ1) is 24.4. The Labute approximate surface area is 207 Å². The van der Waals surface area contributed by atoms with Gasteiger partial charge in [-0.3, -0.25) is 0 Å². The number of rotatable bonds is 3. The van der Waals surface area contributed by atoms with Gasteiger partial charge < -0.3 is 0 Å². The van der Waals surface area contributed by atoms with Crippen LogP contribution >= 0.6 is 0 Å². The summed E-state index contributed by atoms with van der Waals surface area (Å²) >= 11 is 0. The molecule has 0 nitrogen and oxygen atoms in total. The Morgan fingerprint density at radius 2 is 1.48 bits per heavy atom. The SMILES string of the molecule is C=CCC1CCC(C)(C)C2CC[C@]3(C)C(CCC4C5[C@@H](C(C)C)CC[C@]5(C)CC[C@]43C)[C@@]12C. The summed E-state index contributed by atoms with van der Waals surface area (Å²) in [6, 6.07) is 0. The van der Waals surface area contributed by atoms with Gasteiger partial charge in [0, 0.05) is 0 Å². The summed E-state index contributed by atoms with van der Waals surface area (Å²) in [7, 11) is 0. The summed E-state index contributed by atoms with van der Waals surface area (Å²) in [4.78, 5) is 0. The van der Waals surface area contributed by atoms with E-state index in [1.165, 1.54) is 70.6 Å². The molecule has 5 aliphatic rings. The van der Waals surface area contributed by atoms with E-state index in [0.29, 0.717) is 27.1 Å². The monoisotopic (exact) mass is 452 g/mol. The maximum absolute atomic E-state index is 4.23. The zero-order valence-corrected chi connectivity index (χ0v) is 23.6. The summed E-state index contributed by atoms with van der Waals surface area (Å²) in [5.74, 6) is 6.40. The quantitative estimate of drug-likeness (QED) is 0.374. The molecular weight excluding hydrogens is 396 g/mol. The fraction of sp³-hybridized carbons (Fsp3) is 0.939. The van der Waals surface area contributed by atoms with Crippen molar-refractivity contribution in [3.05, 3.63) is 12.7 Å². The van der Waals surface area contributed by atoms with Crippen molar-refractivity contribution in [3.63, 3.8) is 0 Å². The topological polar surface area (TPSA) is 0 Å². The van der Waals surface area contributed by atoms with E-state index in [2.05, 4.69) is 68.0 Å². The minimum absolute atomic E-state index is 0.491. The van der Waals surface area contributed by atoms with Crippen LogP contribution in [-0.4, -0.2) is 0 Å². The van der Waals surface area contributed by atoms with Crippen LogP contribution in [0.1, 0.15) is 126 Å². The number of hydrogen-bond acceptors (Lipinski definition) is 0. The third-order valence-electron chi connectivity index (χ3n) is 14.3. The Bertz CT molecular complexity index is 775. The molecule has 0 aromatic rings. The van der Waals surface area contributed by atoms with Gasteiger partial charge in [-0.05, 0) is 139 Å². The van der Waals surface area contributed by atoms with E-state index < -0.39 is 0 Å². The third kappa shape index (κ3) is 3.06. The summed E-state index contributed by atoms with van der Waals surface area (Å²) in [5.41, 5.74) is 2.67. The molecule has 33 heavy (non-hydrogen) atoms. The molecule has 0 spiro atoms. The lowest BCUT2D eigenvalue weighted by atomic mass is 9.31. The average Bonchev–Trinajstić information content (AvgIpc) is 3.09. The van der Waals surface area contributed by atoms with Crippen LogP contribution in [0.25, 0.3) is 0 Å². The Hall–Kier alpha value is -0.260. The minimum Gasteiger partial charge on any atom is -0.103 e. The lowest BCUT2D eigenvalue weighted by molar-refractivity contribution is -0.250. The highest BCUT2D eigenvalue weighted by Gasteiger charge is 2.70. The van der Waals surface area contributed by atoms with Gasteiger partial charge in [-0.1, -0.05) is 61.5 Å². The van der Waals surface area contributed by atoms with Crippen LogP contribution < -0.4 is 0 Å². The lowest BCUT2D eigenvalue weighted by Crippen LogP contribution is -2.67. The molecule has 5 aliphatic carbocycles. The molecule has 188 valence electrons. The zero-order valence-electron chi connectivity index (χ0n) is 23.6. The maximum Gasteiger partial charge on any atom is -0.0228 e. The number of hydrogen-bond donors (Lipinski definition) is 0. The summed E-state index contributed by atoms with van der Waals surface area (Å²) < 4.78 is 0. The molecule has 5 unspecified atom stereocenters. The predicted molar refractivity (Wildman–Crippen MR) is 143 cm³/mol. The highest BCUT2D eigenvalue weighted by atomic mass is 14.7. The van der Waals surface area contributed by atoms with E-state index in [9.17, 15) is 0 Å². The molecule has 5 fully saturated rings. The molecule has 10 atom stereocenters. The van der Waals surface area contributed by atoms with Gasteiger partial charge >= 0.3 is 0 Å². The van der Waals surface area contributed by atoms with Gasteiger partial charge in [0.05, 0.1) is 0 Å². The van der Waals surface area contributed by atoms with Crippen molar-refractivity contribution >= 4 is 0 Å². The van der Waals surface area contributed by atoms with E-state index in [-0.39, 0.29) is 0 Å². The molecule has 0 radical (unpaired) electrons. The van der Waals surface area contributed by atoms with Gasteiger partial charge in [-0.2, -0.15) is 0 Å². The Morgan fingerprint density at radius 3 is 2.15 bits per heavy atom. The van der Waals surface area contributed by atoms with Crippen LogP contribution in [0, 0.1) is 68.5 Å². The molecule has 5 rings (SSSR count). The molecule has 5 saturated carbocycles. The second-order valence-electron chi connectivity index (χ2n) is 15.9. The van der Waals surface area contributed by atoms with Crippen LogP contribution in [0.3, 0.4) is 0 Å². The van der Waals surface area contributed by atoms with Gasteiger partial charge in [0.25, 0.3) is 0 Å². The largest absolute Gasteiger partial charge is 0.103 e. The van der Waals surface area contributed by atoms with E-state index in [4.69, 9.17) is 0 Å². The maximum atomic E-state index is 4.23. The molecule has 0 aromatic heterocycles. The van der Waals surface area contributed by atoms with Crippen molar-refractivity contribution in [2.24, 2.45) is 68.5 Å². The van der Waals surface area contributed by atoms with Crippen molar-refractivity contribution < 1.29 is 0 Å². The predicted octanol–water partition coefficient (Wildman–Crippen LogP) is 9.94. The van der Waals surface area contributed by atoms with Gasteiger partial charge in [0.1, 0.15) is 0 Å². The van der Waals surface area contributed by atoms with Gasteiger partial charge in [0.15, 0.2) is 0 Å². The molecule has 0 saturated heterocycles. The molecule has 0 aromatic carbocycles. The van der Waals surface area contributed by atoms with Gasteiger partial charge in [0.2, 0.25) is 0 Å². The smallest absolute Gasteiger partial charge is 0.0228 e. The molecule has 0 bridgehead atoms. The first-order valence-electron chi connectivity index (χ1n) is 15.0. The van der Waals surface area contributed by atoms with Crippen LogP contribution in [0.15, 0.2) is 12.7 Å². The van der Waals surface area contributed by atoms with Crippen molar-refractivity contribution in [1.82, 2.24) is 0 Å². The molecule has 0 N–H and O–H groups in total. The van der Waals surface area contributed by atoms with Crippen LogP contribution in [0.5, 0.6) is 0 Å². The second-order valence-corrected chi connectivity index (χ2v) is 15.9. The van der Waals surface area contributed by atoms with Gasteiger partial charge in [-0.25, -0.2) is 0 Å². The minimum atomic E-state index is 0.491. The van der Waals surface area contributed by atoms with E-state index >= 15 is 0 Å². The Morgan fingerprint density at radius 1 is 0.758 bits per heavy atom. The van der Waals surface area contributed by atoms with Crippen molar-refractivity contribution in [3.8, 4) is 0 Å². The van der Waals surface area contributed by atoms with E-state index in [1.54, 1.807) is 0 Å². The van der Waals surface area contributed by atoms with Crippen molar-refractivity contribution in [2.45, 2.75) is 126 Å². The second kappa shape index (κ2) is 7.62. The first-order chi connectivity index (χ1) is 15.3. The lowest BCUT2D eigenvalue weighted by Gasteiger charge is -2.74. The number of allylic oxidation sites excluding steroid dienone is 1. The normalized spacial score (nSPS) is 55.3. The molecule has 0 heteroatoms. The molecule has 0 amide bonds. The third-order valence-corrected chi connectivity index (χ3v) is 14.3. The van der Waals surface area contributed by atoms with E-state index in [0.717, 1.165) is 41.4 Å². The van der Waals surface area contributed by atoms with Crippen molar-refractivity contribution in [1.29, 1.82) is 0 Å². The van der Waals surface area contributed by atoms with E-state index in [1.807, 2.05) is 0 Å². The highest BCUT2D eigenvalue weighted by Crippen LogP contribution is 2.78. The fourth-order valence-electron chi connectivity index (χ4n) is 12.4. The standard InChI is InChI=1S/C33H56/c1-10-11-23-14-17-29(4,5)26-16-19-32(8)27(33(23,26)9)13-12-25-28-24(22(2)3)15-18-30(28,6)20-21-31(25,32)7/h10,22-28H,1,11-21H2,2-9H3/t23?,24-,25?,26?,27?,28?,30-,31-,32-,33+/m1/s1. The van der Waals surface area contributed by atoms with Crippen LogP contribution in [0.4, 0.5) is 0 Å². The summed E-state index contributed by atoms with van der Waals surface area (Å²) in [5, 5.41) is 0. The van der Waals surface area contributed by atoms with Crippen molar-refractivity contribution in [2.75, 3.05) is 0 Å². The summed E-state index contributed by atoms with van der Waals surface area (Å²) in [6.45, 7) is 25.7. The Kier molecular flexibility index (Phi) is 5.64. The molecule has 0 heterocycles. The fourth-order valence-corrected chi connectivity index (χ4v) is 12.4. The van der Waals surface area contributed by atoms with Gasteiger partial charge in [-0.15, -0.1) is 6.58 Å². The number of fused-ring (bicyclic) bond motifs is 7. The molecular formula is C33H56. The zero-order chi connectivity index (χ0) is 24.0. The molecule has 0 aliphatic heterocycles. The van der Waals surface area contributed by atoms with Crippen LogP contribution in [0.2, 0.25) is 0 Å². The van der Waals surface area contributed by atoms with Crippen LogP contribution in [-0.2, 0) is 0 Å². The average molecular weight is 453 g/mol. The summed E-state index contributed by atoms with van der Waals surface area (Å²) in [6.07, 6.45) is 18.3. The Balaban J connectivity index is 1.57. The highest BCUT2D eigenvalue weighted by molar-refractivity contribution is 5.19.